The summed E-state index contributed by atoms with van der Waals surface area (Å²) in [7, 11) is 1.59. The highest BCUT2D eigenvalue weighted by atomic mass is 79.9. The van der Waals surface area contributed by atoms with Gasteiger partial charge in [-0.1, -0.05) is 46.3 Å². The number of hydrazone groups is 1. The number of carbonyl (C=O) groups excluding carboxylic acids is 1. The Kier molecular flexibility index (Phi) is 7.84. The maximum Gasteiger partial charge on any atom is 0.244 e. The van der Waals surface area contributed by atoms with E-state index in [1.807, 2.05) is 67.6 Å². The van der Waals surface area contributed by atoms with Crippen molar-refractivity contribution in [3.63, 3.8) is 0 Å². The number of nitrogens with one attached hydrogen (secondary N) is 1. The molecule has 3 aromatic carbocycles. The number of nitrogens with zero attached hydrogens (tertiary/aromatic N) is 1. The molecule has 3 rings (SSSR count). The maximum absolute atomic E-state index is 12.1. The van der Waals surface area contributed by atoms with Crippen molar-refractivity contribution >= 4 is 28.1 Å². The first-order valence-corrected chi connectivity index (χ1v) is 10.7. The molecular formula is C25H25BrN2O3. The first-order valence-electron chi connectivity index (χ1n) is 9.88. The summed E-state index contributed by atoms with van der Waals surface area (Å²) in [4.78, 5) is 12.1. The van der Waals surface area contributed by atoms with Crippen LogP contribution in [0, 0.1) is 13.8 Å². The van der Waals surface area contributed by atoms with Gasteiger partial charge in [0.25, 0.3) is 0 Å². The van der Waals surface area contributed by atoms with E-state index in [4.69, 9.17) is 9.47 Å². The molecule has 0 atom stereocenters. The third-order valence-corrected chi connectivity index (χ3v) is 5.36. The Morgan fingerprint density at radius 1 is 0.968 bits per heavy atom. The van der Waals surface area contributed by atoms with E-state index in [1.165, 1.54) is 11.1 Å². The third kappa shape index (κ3) is 6.69. The highest BCUT2D eigenvalue weighted by Gasteiger charge is 2.07. The average Bonchev–Trinajstić information content (AvgIpc) is 2.76. The molecule has 1 N–H and O–H groups in total. The Morgan fingerprint density at radius 3 is 2.42 bits per heavy atom. The van der Waals surface area contributed by atoms with E-state index in [0.717, 1.165) is 21.2 Å². The fraction of sp³-hybridized carbons (Fsp3) is 0.200. The van der Waals surface area contributed by atoms with Crippen molar-refractivity contribution in [1.29, 1.82) is 0 Å². The van der Waals surface area contributed by atoms with Crippen LogP contribution in [0.5, 0.6) is 11.5 Å². The molecule has 0 radical (unpaired) electrons. The van der Waals surface area contributed by atoms with Crippen molar-refractivity contribution < 1.29 is 14.3 Å². The summed E-state index contributed by atoms with van der Waals surface area (Å²) in [6.07, 6.45) is 1.87. The first kappa shape index (κ1) is 22.6. The second-order valence-corrected chi connectivity index (χ2v) is 8.13. The van der Waals surface area contributed by atoms with Gasteiger partial charge in [0.05, 0.1) is 19.7 Å². The molecule has 3 aromatic rings. The predicted octanol–water partition coefficient (Wildman–Crippen LogP) is 5.35. The maximum atomic E-state index is 12.1. The van der Waals surface area contributed by atoms with Crippen LogP contribution >= 0.6 is 15.9 Å². The number of hydrogen-bond donors (Lipinski definition) is 1. The Hall–Kier alpha value is -3.12. The molecule has 31 heavy (non-hydrogen) atoms. The van der Waals surface area contributed by atoms with Gasteiger partial charge in [0.15, 0.2) is 11.5 Å². The number of ether oxygens (including phenoxy) is 2. The van der Waals surface area contributed by atoms with Gasteiger partial charge in [-0.3, -0.25) is 4.79 Å². The van der Waals surface area contributed by atoms with Gasteiger partial charge in [-0.2, -0.15) is 5.10 Å². The van der Waals surface area contributed by atoms with Gasteiger partial charge in [0.2, 0.25) is 5.91 Å². The number of halogens is 1. The van der Waals surface area contributed by atoms with Crippen molar-refractivity contribution in [2.45, 2.75) is 26.9 Å². The lowest BCUT2D eigenvalue weighted by Gasteiger charge is -2.11. The van der Waals surface area contributed by atoms with Crippen LogP contribution in [0.2, 0.25) is 0 Å². The van der Waals surface area contributed by atoms with Gasteiger partial charge >= 0.3 is 0 Å². The minimum Gasteiger partial charge on any atom is -0.493 e. The lowest BCUT2D eigenvalue weighted by atomic mass is 10.0. The Bertz CT molecular complexity index is 1080. The molecule has 6 heteroatoms. The van der Waals surface area contributed by atoms with E-state index < -0.39 is 0 Å². The van der Waals surface area contributed by atoms with Crippen LogP contribution in [-0.4, -0.2) is 19.2 Å². The van der Waals surface area contributed by atoms with E-state index >= 15 is 0 Å². The summed E-state index contributed by atoms with van der Waals surface area (Å²) in [5.41, 5.74) is 7.76. The zero-order valence-electron chi connectivity index (χ0n) is 17.8. The molecule has 0 bridgehead atoms. The van der Waals surface area contributed by atoms with Crippen LogP contribution in [-0.2, 0) is 17.8 Å². The van der Waals surface area contributed by atoms with Crippen molar-refractivity contribution in [3.8, 4) is 11.5 Å². The summed E-state index contributed by atoms with van der Waals surface area (Å²) in [5, 5.41) is 4.06. The van der Waals surface area contributed by atoms with Crippen molar-refractivity contribution in [1.82, 2.24) is 5.43 Å². The quantitative estimate of drug-likeness (QED) is 0.349. The Balaban J connectivity index is 1.57. The fourth-order valence-corrected chi connectivity index (χ4v) is 3.21. The molecule has 0 aromatic heterocycles. The van der Waals surface area contributed by atoms with Crippen molar-refractivity contribution in [3.05, 3.63) is 93.0 Å². The number of amides is 1. The van der Waals surface area contributed by atoms with E-state index in [-0.39, 0.29) is 12.3 Å². The molecule has 0 aliphatic heterocycles. The summed E-state index contributed by atoms with van der Waals surface area (Å²) in [6, 6.07) is 19.5. The van der Waals surface area contributed by atoms with Gasteiger partial charge < -0.3 is 9.47 Å². The zero-order valence-corrected chi connectivity index (χ0v) is 19.4. The molecule has 0 saturated carbocycles. The van der Waals surface area contributed by atoms with Gasteiger partial charge in [0, 0.05) is 4.47 Å². The summed E-state index contributed by atoms with van der Waals surface area (Å²) >= 11 is 3.42. The smallest absolute Gasteiger partial charge is 0.244 e. The number of aryl methyl sites for hydroxylation is 2. The molecule has 5 nitrogen and oxygen atoms in total. The van der Waals surface area contributed by atoms with E-state index in [1.54, 1.807) is 13.3 Å². The molecule has 160 valence electrons. The van der Waals surface area contributed by atoms with Crippen LogP contribution in [0.25, 0.3) is 0 Å². The molecule has 0 unspecified atom stereocenters. The van der Waals surface area contributed by atoms with Crippen molar-refractivity contribution in [2.24, 2.45) is 5.10 Å². The Morgan fingerprint density at radius 2 is 1.71 bits per heavy atom. The second-order valence-electron chi connectivity index (χ2n) is 7.21. The molecule has 0 spiro atoms. The van der Waals surface area contributed by atoms with E-state index in [2.05, 4.69) is 33.4 Å². The van der Waals surface area contributed by atoms with E-state index in [9.17, 15) is 4.79 Å². The Labute approximate surface area is 191 Å². The normalized spacial score (nSPS) is 10.8. The lowest BCUT2D eigenvalue weighted by Crippen LogP contribution is -2.19. The SMILES string of the molecule is COc1cc(/C=N\NC(=O)Cc2ccc(C)c(C)c2)ccc1OCc1ccc(Br)cc1. The van der Waals surface area contributed by atoms with Gasteiger partial charge in [-0.15, -0.1) is 0 Å². The highest BCUT2D eigenvalue weighted by molar-refractivity contribution is 9.10. The number of methoxy groups -OCH3 is 1. The summed E-state index contributed by atoms with van der Waals surface area (Å²) in [6.45, 7) is 4.52. The number of benzene rings is 3. The minimum atomic E-state index is -0.166. The molecule has 1 amide bonds. The molecule has 0 aliphatic carbocycles. The molecule has 0 fully saturated rings. The van der Waals surface area contributed by atoms with Crippen LogP contribution in [0.1, 0.15) is 27.8 Å². The van der Waals surface area contributed by atoms with Crippen LogP contribution < -0.4 is 14.9 Å². The lowest BCUT2D eigenvalue weighted by molar-refractivity contribution is -0.120. The minimum absolute atomic E-state index is 0.166. The summed E-state index contributed by atoms with van der Waals surface area (Å²) < 4.78 is 12.3. The topological polar surface area (TPSA) is 59.9 Å². The van der Waals surface area contributed by atoms with Crippen LogP contribution in [0.4, 0.5) is 0 Å². The largest absolute Gasteiger partial charge is 0.493 e. The molecular weight excluding hydrogens is 456 g/mol. The van der Waals surface area contributed by atoms with Crippen molar-refractivity contribution in [2.75, 3.05) is 7.11 Å². The second kappa shape index (κ2) is 10.8. The van der Waals surface area contributed by atoms with Gasteiger partial charge in [0.1, 0.15) is 6.61 Å². The van der Waals surface area contributed by atoms with Gasteiger partial charge in [-0.25, -0.2) is 5.43 Å². The number of rotatable bonds is 8. The number of hydrogen-bond acceptors (Lipinski definition) is 4. The van der Waals surface area contributed by atoms with E-state index in [0.29, 0.717) is 18.1 Å². The summed E-state index contributed by atoms with van der Waals surface area (Å²) in [5.74, 6) is 1.07. The number of carbonyl (C=O) groups is 1. The predicted molar refractivity (Wildman–Crippen MR) is 127 cm³/mol. The fourth-order valence-electron chi connectivity index (χ4n) is 2.94. The monoisotopic (exact) mass is 480 g/mol. The first-order chi connectivity index (χ1) is 14.9. The standard InChI is InChI=1S/C25H25BrN2O3/c1-17-4-5-20(12-18(17)2)14-25(29)28-27-15-21-8-11-23(24(13-21)30-3)31-16-19-6-9-22(26)10-7-19/h4-13,15H,14,16H2,1-3H3,(H,28,29)/b27-15-. The molecule has 0 saturated heterocycles. The van der Waals surface area contributed by atoms with Crippen LogP contribution in [0.15, 0.2) is 70.2 Å². The molecule has 0 heterocycles. The zero-order chi connectivity index (χ0) is 22.2. The molecule has 0 aliphatic rings. The highest BCUT2D eigenvalue weighted by Crippen LogP contribution is 2.28. The third-order valence-electron chi connectivity index (χ3n) is 4.83. The van der Waals surface area contributed by atoms with Gasteiger partial charge in [-0.05, 0) is 72.0 Å². The van der Waals surface area contributed by atoms with Crippen LogP contribution in [0.3, 0.4) is 0 Å². The average molecular weight is 481 g/mol.